The van der Waals surface area contributed by atoms with Crippen LogP contribution in [0.4, 0.5) is 17.6 Å². The van der Waals surface area contributed by atoms with Gasteiger partial charge in [-0.15, -0.1) is 0 Å². The van der Waals surface area contributed by atoms with Crippen molar-refractivity contribution in [1.29, 1.82) is 0 Å². The largest absolute Gasteiger partial charge is 0.497 e. The molecule has 6 nitrogen and oxygen atoms in total. The zero-order chi connectivity index (χ0) is 13.7. The number of anilines is 3. The molecule has 1 aromatic carbocycles. The molecular formula is C13H17N5O. The van der Waals surface area contributed by atoms with Crippen LogP contribution in [0.2, 0.25) is 0 Å². The zero-order valence-electron chi connectivity index (χ0n) is 11.0. The summed E-state index contributed by atoms with van der Waals surface area (Å²) in [6.45, 7) is 0.636. The lowest BCUT2D eigenvalue weighted by Crippen LogP contribution is -2.06. The van der Waals surface area contributed by atoms with Gasteiger partial charge in [0, 0.05) is 19.7 Å². The maximum absolute atomic E-state index is 5.63. The van der Waals surface area contributed by atoms with Crippen molar-refractivity contribution in [3.05, 3.63) is 35.9 Å². The predicted octanol–water partition coefficient (Wildman–Crippen LogP) is 1.72. The highest BCUT2D eigenvalue weighted by Crippen LogP contribution is 2.15. The van der Waals surface area contributed by atoms with Crippen molar-refractivity contribution in [2.24, 2.45) is 0 Å². The molecule has 0 amide bonds. The summed E-state index contributed by atoms with van der Waals surface area (Å²) < 4.78 is 5.18. The zero-order valence-corrected chi connectivity index (χ0v) is 11.0. The van der Waals surface area contributed by atoms with Gasteiger partial charge in [-0.3, -0.25) is 0 Å². The molecule has 0 bridgehead atoms. The van der Waals surface area contributed by atoms with E-state index in [2.05, 4.69) is 20.6 Å². The minimum atomic E-state index is 0.236. The van der Waals surface area contributed by atoms with Crippen LogP contribution < -0.4 is 21.1 Å². The Kier molecular flexibility index (Phi) is 4.02. The van der Waals surface area contributed by atoms with Crippen LogP contribution in [0, 0.1) is 0 Å². The van der Waals surface area contributed by atoms with E-state index in [9.17, 15) is 0 Å². The average Bonchev–Trinajstić information content (AvgIpc) is 2.44. The van der Waals surface area contributed by atoms with Crippen LogP contribution >= 0.6 is 0 Å². The summed E-state index contributed by atoms with van der Waals surface area (Å²) in [5.74, 6) is 2.43. The molecule has 19 heavy (non-hydrogen) atoms. The van der Waals surface area contributed by atoms with Crippen LogP contribution in [0.3, 0.4) is 0 Å². The van der Waals surface area contributed by atoms with Crippen molar-refractivity contribution in [2.45, 2.75) is 6.54 Å². The third kappa shape index (κ3) is 3.48. The Morgan fingerprint density at radius 2 is 2.00 bits per heavy atom. The molecule has 100 valence electrons. The molecule has 0 atom stereocenters. The Hall–Kier alpha value is -2.50. The van der Waals surface area contributed by atoms with E-state index in [1.807, 2.05) is 24.3 Å². The van der Waals surface area contributed by atoms with Crippen LogP contribution in [0.25, 0.3) is 0 Å². The molecule has 0 aliphatic carbocycles. The molecular weight excluding hydrogens is 242 g/mol. The molecule has 0 saturated carbocycles. The number of hydrogen-bond donors (Lipinski definition) is 3. The van der Waals surface area contributed by atoms with Crippen LogP contribution in [0.1, 0.15) is 5.56 Å². The van der Waals surface area contributed by atoms with Crippen LogP contribution in [0.15, 0.2) is 30.3 Å². The number of benzene rings is 1. The number of rotatable bonds is 5. The highest BCUT2D eigenvalue weighted by Gasteiger charge is 2.01. The fourth-order valence-corrected chi connectivity index (χ4v) is 1.66. The Labute approximate surface area is 112 Å². The minimum absolute atomic E-state index is 0.236. The quantitative estimate of drug-likeness (QED) is 0.758. The maximum atomic E-state index is 5.63. The van der Waals surface area contributed by atoms with Gasteiger partial charge in [-0.1, -0.05) is 12.1 Å². The Morgan fingerprint density at radius 1 is 1.21 bits per heavy atom. The standard InChI is InChI=1S/C13H17N5O/c1-15-11-7-12(18-13(14)17-11)16-8-9-4-3-5-10(6-9)19-2/h3-7H,8H2,1-2H3,(H4,14,15,16,17,18). The molecule has 0 spiro atoms. The fraction of sp³-hybridized carbons (Fsp3) is 0.231. The summed E-state index contributed by atoms with van der Waals surface area (Å²) in [4.78, 5) is 8.15. The van der Waals surface area contributed by atoms with Gasteiger partial charge in [-0.2, -0.15) is 9.97 Å². The highest BCUT2D eigenvalue weighted by molar-refractivity contribution is 5.51. The smallest absolute Gasteiger partial charge is 0.223 e. The molecule has 2 rings (SSSR count). The molecule has 0 unspecified atom stereocenters. The van der Waals surface area contributed by atoms with Gasteiger partial charge in [-0.25, -0.2) is 0 Å². The summed E-state index contributed by atoms with van der Waals surface area (Å²) in [6.07, 6.45) is 0. The second-order valence-electron chi connectivity index (χ2n) is 3.95. The lowest BCUT2D eigenvalue weighted by Gasteiger charge is -2.09. The van der Waals surface area contributed by atoms with Crippen molar-refractivity contribution < 1.29 is 4.74 Å². The van der Waals surface area contributed by atoms with E-state index >= 15 is 0 Å². The first-order valence-electron chi connectivity index (χ1n) is 5.90. The first kappa shape index (κ1) is 12.9. The number of nitrogens with one attached hydrogen (secondary N) is 2. The van der Waals surface area contributed by atoms with E-state index in [1.54, 1.807) is 20.2 Å². The van der Waals surface area contributed by atoms with Crippen molar-refractivity contribution in [3.63, 3.8) is 0 Å². The molecule has 1 aromatic heterocycles. The van der Waals surface area contributed by atoms with Crippen LogP contribution in [0.5, 0.6) is 5.75 Å². The van der Waals surface area contributed by atoms with Gasteiger partial charge in [0.15, 0.2) is 0 Å². The van der Waals surface area contributed by atoms with Gasteiger partial charge < -0.3 is 21.1 Å². The van der Waals surface area contributed by atoms with E-state index < -0.39 is 0 Å². The molecule has 0 aliphatic heterocycles. The predicted molar refractivity (Wildman–Crippen MR) is 76.3 cm³/mol. The fourth-order valence-electron chi connectivity index (χ4n) is 1.66. The Balaban J connectivity index is 2.07. The third-order valence-corrected chi connectivity index (χ3v) is 2.61. The summed E-state index contributed by atoms with van der Waals surface area (Å²) in [7, 11) is 3.43. The molecule has 0 aliphatic rings. The average molecular weight is 259 g/mol. The number of methoxy groups -OCH3 is 1. The van der Waals surface area contributed by atoms with E-state index in [0.29, 0.717) is 18.2 Å². The second-order valence-corrected chi connectivity index (χ2v) is 3.95. The van der Waals surface area contributed by atoms with Crippen molar-refractivity contribution in [2.75, 3.05) is 30.5 Å². The summed E-state index contributed by atoms with van der Waals surface area (Å²) in [5, 5.41) is 6.13. The summed E-state index contributed by atoms with van der Waals surface area (Å²) in [6, 6.07) is 9.64. The molecule has 6 heteroatoms. The van der Waals surface area contributed by atoms with Gasteiger partial charge in [0.1, 0.15) is 17.4 Å². The van der Waals surface area contributed by atoms with E-state index in [0.717, 1.165) is 11.3 Å². The molecule has 1 heterocycles. The van der Waals surface area contributed by atoms with Gasteiger partial charge in [0.2, 0.25) is 5.95 Å². The minimum Gasteiger partial charge on any atom is -0.497 e. The normalized spacial score (nSPS) is 10.0. The molecule has 0 saturated heterocycles. The van der Waals surface area contributed by atoms with Crippen LogP contribution in [-0.2, 0) is 6.54 Å². The molecule has 0 radical (unpaired) electrons. The number of ether oxygens (including phenoxy) is 1. The monoisotopic (exact) mass is 259 g/mol. The maximum Gasteiger partial charge on any atom is 0.223 e. The molecule has 4 N–H and O–H groups in total. The number of nitrogens with two attached hydrogens (primary N) is 1. The first-order valence-corrected chi connectivity index (χ1v) is 5.90. The molecule has 0 fully saturated rings. The molecule has 2 aromatic rings. The van der Waals surface area contributed by atoms with Gasteiger partial charge >= 0.3 is 0 Å². The topological polar surface area (TPSA) is 85.1 Å². The SMILES string of the molecule is CNc1cc(NCc2cccc(OC)c2)nc(N)n1. The van der Waals surface area contributed by atoms with Gasteiger partial charge in [0.05, 0.1) is 7.11 Å². The number of aromatic nitrogens is 2. The van der Waals surface area contributed by atoms with Crippen molar-refractivity contribution >= 4 is 17.6 Å². The number of hydrogen-bond acceptors (Lipinski definition) is 6. The highest BCUT2D eigenvalue weighted by atomic mass is 16.5. The second kappa shape index (κ2) is 5.90. The lowest BCUT2D eigenvalue weighted by atomic mass is 10.2. The van der Waals surface area contributed by atoms with Gasteiger partial charge in [-0.05, 0) is 17.7 Å². The van der Waals surface area contributed by atoms with Gasteiger partial charge in [0.25, 0.3) is 0 Å². The van der Waals surface area contributed by atoms with E-state index in [1.165, 1.54) is 0 Å². The summed E-state index contributed by atoms with van der Waals surface area (Å²) in [5.41, 5.74) is 6.73. The summed E-state index contributed by atoms with van der Waals surface area (Å²) >= 11 is 0. The Morgan fingerprint density at radius 3 is 2.74 bits per heavy atom. The third-order valence-electron chi connectivity index (χ3n) is 2.61. The van der Waals surface area contributed by atoms with E-state index in [4.69, 9.17) is 10.5 Å². The van der Waals surface area contributed by atoms with Crippen LogP contribution in [-0.4, -0.2) is 24.1 Å². The lowest BCUT2D eigenvalue weighted by molar-refractivity contribution is 0.414. The first-order chi connectivity index (χ1) is 9.21. The van der Waals surface area contributed by atoms with E-state index in [-0.39, 0.29) is 5.95 Å². The Bertz CT molecular complexity index is 558. The van der Waals surface area contributed by atoms with Crippen molar-refractivity contribution in [3.8, 4) is 5.75 Å². The van der Waals surface area contributed by atoms with Crippen molar-refractivity contribution in [1.82, 2.24) is 9.97 Å². The number of nitrogens with zero attached hydrogens (tertiary/aromatic N) is 2. The number of nitrogen functional groups attached to an aromatic ring is 1.